The summed E-state index contributed by atoms with van der Waals surface area (Å²) in [5, 5.41) is 3.33. The first-order valence-corrected chi connectivity index (χ1v) is 8.86. The van der Waals surface area contributed by atoms with Gasteiger partial charge in [-0.1, -0.05) is 12.1 Å². The van der Waals surface area contributed by atoms with E-state index in [-0.39, 0.29) is 11.7 Å². The Morgan fingerprint density at radius 2 is 1.96 bits per heavy atom. The number of ether oxygens (including phenoxy) is 1. The molecule has 1 aromatic rings. The normalized spacial score (nSPS) is 19.9. The molecule has 1 heterocycles. The Kier molecular flexibility index (Phi) is 5.51. The van der Waals surface area contributed by atoms with Crippen molar-refractivity contribution in [1.82, 2.24) is 10.2 Å². The second-order valence-corrected chi connectivity index (χ2v) is 7.22. The van der Waals surface area contributed by atoms with Gasteiger partial charge in [-0.2, -0.15) is 0 Å². The quantitative estimate of drug-likeness (QED) is 0.833. The fraction of sp³-hybridized carbons (Fsp3) is 0.632. The number of nitrogens with one attached hydrogen (secondary N) is 1. The van der Waals surface area contributed by atoms with E-state index in [1.165, 1.54) is 25.0 Å². The molecule has 5 heteroatoms. The molecule has 2 fully saturated rings. The minimum absolute atomic E-state index is 0.196. The summed E-state index contributed by atoms with van der Waals surface area (Å²) < 4.78 is 18.6. The van der Waals surface area contributed by atoms with Crippen LogP contribution in [-0.4, -0.2) is 44.2 Å². The maximum atomic E-state index is 13.4. The summed E-state index contributed by atoms with van der Waals surface area (Å²) in [6.07, 6.45) is 4.02. The van der Waals surface area contributed by atoms with E-state index in [0.717, 1.165) is 38.0 Å². The van der Waals surface area contributed by atoms with E-state index in [9.17, 15) is 9.18 Å². The van der Waals surface area contributed by atoms with Gasteiger partial charge in [0.1, 0.15) is 5.82 Å². The number of carbonyl (C=O) groups excluding carboxylic acids is 1. The zero-order chi connectivity index (χ0) is 17.0. The molecule has 1 aromatic carbocycles. The Bertz CT molecular complexity index is 545. The van der Waals surface area contributed by atoms with Gasteiger partial charge in [0.05, 0.1) is 12.0 Å². The molecule has 0 radical (unpaired) electrons. The number of halogens is 1. The van der Waals surface area contributed by atoms with Crippen molar-refractivity contribution in [2.75, 3.05) is 33.4 Å². The topological polar surface area (TPSA) is 41.6 Å². The van der Waals surface area contributed by atoms with Gasteiger partial charge in [0, 0.05) is 20.2 Å². The van der Waals surface area contributed by atoms with Crippen molar-refractivity contribution >= 4 is 5.91 Å². The molecule has 1 aliphatic heterocycles. The van der Waals surface area contributed by atoms with Gasteiger partial charge in [-0.25, -0.2) is 4.39 Å². The predicted molar refractivity (Wildman–Crippen MR) is 91.0 cm³/mol. The molecule has 132 valence electrons. The van der Waals surface area contributed by atoms with Crippen LogP contribution in [0.25, 0.3) is 0 Å². The van der Waals surface area contributed by atoms with Crippen molar-refractivity contribution in [3.8, 4) is 0 Å². The summed E-state index contributed by atoms with van der Waals surface area (Å²) >= 11 is 0. The van der Waals surface area contributed by atoms with Gasteiger partial charge >= 0.3 is 0 Å². The molecular weight excluding hydrogens is 307 g/mol. The van der Waals surface area contributed by atoms with Crippen LogP contribution in [0.15, 0.2) is 24.3 Å². The summed E-state index contributed by atoms with van der Waals surface area (Å²) in [7, 11) is 1.67. The van der Waals surface area contributed by atoms with E-state index < -0.39 is 5.41 Å². The Morgan fingerprint density at radius 1 is 1.29 bits per heavy atom. The van der Waals surface area contributed by atoms with Gasteiger partial charge in [-0.15, -0.1) is 0 Å². The van der Waals surface area contributed by atoms with Crippen molar-refractivity contribution in [2.24, 2.45) is 11.3 Å². The zero-order valence-corrected chi connectivity index (χ0v) is 14.4. The number of hydrogen-bond donors (Lipinski definition) is 1. The highest BCUT2D eigenvalue weighted by atomic mass is 19.1. The number of rotatable bonds is 7. The third-order valence-corrected chi connectivity index (χ3v) is 5.18. The smallest absolute Gasteiger partial charge is 0.231 e. The second kappa shape index (κ2) is 7.62. The maximum absolute atomic E-state index is 13.4. The van der Waals surface area contributed by atoms with E-state index in [0.29, 0.717) is 19.1 Å². The van der Waals surface area contributed by atoms with Crippen LogP contribution in [0.2, 0.25) is 0 Å². The van der Waals surface area contributed by atoms with Gasteiger partial charge in [-0.05, 0) is 62.4 Å². The Hall–Kier alpha value is -1.46. The molecule has 0 spiro atoms. The molecule has 1 saturated heterocycles. The summed E-state index contributed by atoms with van der Waals surface area (Å²) in [5.41, 5.74) is 0.557. The van der Waals surface area contributed by atoms with Crippen LogP contribution in [0, 0.1) is 17.2 Å². The monoisotopic (exact) mass is 334 g/mol. The van der Waals surface area contributed by atoms with Crippen LogP contribution < -0.4 is 5.32 Å². The van der Waals surface area contributed by atoms with Crippen LogP contribution in [0.3, 0.4) is 0 Å². The van der Waals surface area contributed by atoms with Gasteiger partial charge in [-0.3, -0.25) is 4.79 Å². The number of nitrogens with zero attached hydrogens (tertiary/aromatic N) is 1. The third-order valence-electron chi connectivity index (χ3n) is 5.18. The highest BCUT2D eigenvalue weighted by Crippen LogP contribution is 2.35. The SMILES string of the molecule is COCC1(C(=O)N(Cc2ccc(F)cc2)CC2CC2)CCNCC1. The molecule has 3 rings (SSSR count). The van der Waals surface area contributed by atoms with Crippen molar-refractivity contribution < 1.29 is 13.9 Å². The lowest BCUT2D eigenvalue weighted by Gasteiger charge is -2.39. The molecule has 0 bridgehead atoms. The standard InChI is InChI=1S/C19H27FN2O2/c1-24-14-19(8-10-21-11-9-19)18(23)22(12-15-2-3-15)13-16-4-6-17(20)7-5-16/h4-7,15,21H,2-3,8-14H2,1H3. The Morgan fingerprint density at radius 3 is 2.54 bits per heavy atom. The minimum atomic E-state index is -0.422. The van der Waals surface area contributed by atoms with E-state index >= 15 is 0 Å². The number of benzene rings is 1. The van der Waals surface area contributed by atoms with Crippen LogP contribution >= 0.6 is 0 Å². The second-order valence-electron chi connectivity index (χ2n) is 7.22. The van der Waals surface area contributed by atoms with Crippen LogP contribution in [0.5, 0.6) is 0 Å². The highest BCUT2D eigenvalue weighted by molar-refractivity contribution is 5.83. The molecule has 0 unspecified atom stereocenters. The fourth-order valence-electron chi connectivity index (χ4n) is 3.58. The van der Waals surface area contributed by atoms with E-state index in [2.05, 4.69) is 5.32 Å². The van der Waals surface area contributed by atoms with E-state index in [1.54, 1.807) is 19.2 Å². The number of methoxy groups -OCH3 is 1. The lowest BCUT2D eigenvalue weighted by atomic mass is 9.78. The van der Waals surface area contributed by atoms with Crippen molar-refractivity contribution in [1.29, 1.82) is 0 Å². The molecular formula is C19H27FN2O2. The van der Waals surface area contributed by atoms with Crippen molar-refractivity contribution in [3.05, 3.63) is 35.6 Å². The first-order valence-electron chi connectivity index (χ1n) is 8.86. The summed E-state index contributed by atoms with van der Waals surface area (Å²) in [6, 6.07) is 6.47. The number of amides is 1. The molecule has 0 aromatic heterocycles. The van der Waals surface area contributed by atoms with Gasteiger partial charge < -0.3 is 15.0 Å². The molecule has 0 atom stereocenters. The average Bonchev–Trinajstić information content (AvgIpc) is 3.41. The molecule has 1 N–H and O–H groups in total. The summed E-state index contributed by atoms with van der Waals surface area (Å²) in [6.45, 7) is 3.52. The van der Waals surface area contributed by atoms with Gasteiger partial charge in [0.25, 0.3) is 0 Å². The summed E-state index contributed by atoms with van der Waals surface area (Å²) in [4.78, 5) is 15.4. The van der Waals surface area contributed by atoms with Crippen molar-refractivity contribution in [3.63, 3.8) is 0 Å². The maximum Gasteiger partial charge on any atom is 0.231 e. The lowest BCUT2D eigenvalue weighted by molar-refractivity contribution is -0.148. The third kappa shape index (κ3) is 4.14. The van der Waals surface area contributed by atoms with E-state index in [1.807, 2.05) is 4.90 Å². The number of piperidine rings is 1. The molecule has 24 heavy (non-hydrogen) atoms. The molecule has 1 saturated carbocycles. The minimum Gasteiger partial charge on any atom is -0.384 e. The lowest BCUT2D eigenvalue weighted by Crippen LogP contribution is -2.51. The van der Waals surface area contributed by atoms with Gasteiger partial charge in [0.15, 0.2) is 0 Å². The fourth-order valence-corrected chi connectivity index (χ4v) is 3.58. The predicted octanol–water partition coefficient (Wildman–Crippen LogP) is 2.58. The van der Waals surface area contributed by atoms with Crippen molar-refractivity contribution in [2.45, 2.75) is 32.2 Å². The number of hydrogen-bond acceptors (Lipinski definition) is 3. The average molecular weight is 334 g/mol. The van der Waals surface area contributed by atoms with Crippen LogP contribution in [0.4, 0.5) is 4.39 Å². The Balaban J connectivity index is 1.77. The zero-order valence-electron chi connectivity index (χ0n) is 14.4. The Labute approximate surface area is 143 Å². The molecule has 4 nitrogen and oxygen atoms in total. The molecule has 1 aliphatic carbocycles. The van der Waals surface area contributed by atoms with Crippen LogP contribution in [0.1, 0.15) is 31.2 Å². The largest absolute Gasteiger partial charge is 0.384 e. The van der Waals surface area contributed by atoms with Crippen LogP contribution in [-0.2, 0) is 16.1 Å². The number of carbonyl (C=O) groups is 1. The first-order chi connectivity index (χ1) is 11.6. The molecule has 1 amide bonds. The van der Waals surface area contributed by atoms with Gasteiger partial charge in [0.2, 0.25) is 5.91 Å². The summed E-state index contributed by atoms with van der Waals surface area (Å²) in [5.74, 6) is 0.575. The highest BCUT2D eigenvalue weighted by Gasteiger charge is 2.43. The molecule has 2 aliphatic rings. The van der Waals surface area contributed by atoms with E-state index in [4.69, 9.17) is 4.74 Å². The first kappa shape index (κ1) is 17.4.